The molecular weight excluding hydrogens is 198 g/mol. The van der Waals surface area contributed by atoms with Gasteiger partial charge in [-0.1, -0.05) is 0 Å². The molecule has 0 saturated heterocycles. The number of amides is 1. The second kappa shape index (κ2) is 3.97. The minimum Gasteiger partial charge on any atom is -0.319 e. The number of pyridine rings is 1. The average molecular weight is 205 g/mol. The van der Waals surface area contributed by atoms with E-state index in [2.05, 4.69) is 15.3 Å². The predicted octanol–water partition coefficient (Wildman–Crippen LogP) is 1.79. The summed E-state index contributed by atoms with van der Waals surface area (Å²) in [6.45, 7) is 0. The molecule has 2 rings (SSSR count). The van der Waals surface area contributed by atoms with E-state index < -0.39 is 0 Å². The zero-order chi connectivity index (χ0) is 9.80. The maximum atomic E-state index is 11.5. The van der Waals surface area contributed by atoms with Gasteiger partial charge >= 0.3 is 0 Å². The molecular formula is C9H7N3OS. The van der Waals surface area contributed by atoms with Crippen LogP contribution in [0.5, 0.6) is 0 Å². The number of rotatable bonds is 2. The van der Waals surface area contributed by atoms with Crippen molar-refractivity contribution in [2.45, 2.75) is 0 Å². The standard InChI is InChI=1S/C9H7N3OS/c13-8(9-11-4-5-14-9)12-7-2-1-3-10-6-7/h1-6H,(H,12,13). The van der Waals surface area contributed by atoms with Gasteiger partial charge in [-0.15, -0.1) is 11.3 Å². The van der Waals surface area contributed by atoms with E-state index in [1.165, 1.54) is 11.3 Å². The highest BCUT2D eigenvalue weighted by Gasteiger charge is 2.07. The van der Waals surface area contributed by atoms with Crippen LogP contribution in [0.2, 0.25) is 0 Å². The number of carbonyl (C=O) groups is 1. The van der Waals surface area contributed by atoms with Gasteiger partial charge in [0.05, 0.1) is 11.9 Å². The number of hydrogen-bond acceptors (Lipinski definition) is 4. The molecule has 0 spiro atoms. The molecule has 0 aliphatic rings. The molecule has 14 heavy (non-hydrogen) atoms. The van der Waals surface area contributed by atoms with Crippen LogP contribution < -0.4 is 5.32 Å². The second-order valence-electron chi connectivity index (χ2n) is 2.53. The maximum Gasteiger partial charge on any atom is 0.284 e. The van der Waals surface area contributed by atoms with Crippen molar-refractivity contribution >= 4 is 22.9 Å². The van der Waals surface area contributed by atoms with Crippen molar-refractivity contribution in [3.05, 3.63) is 41.1 Å². The van der Waals surface area contributed by atoms with Gasteiger partial charge in [-0.3, -0.25) is 9.78 Å². The number of aromatic nitrogens is 2. The maximum absolute atomic E-state index is 11.5. The first-order valence-corrected chi connectivity index (χ1v) is 4.85. The van der Waals surface area contributed by atoms with Crippen LogP contribution in [0.1, 0.15) is 9.80 Å². The molecule has 0 unspecified atom stereocenters. The fourth-order valence-electron chi connectivity index (χ4n) is 0.957. The number of thiazole rings is 1. The quantitative estimate of drug-likeness (QED) is 0.813. The molecule has 0 radical (unpaired) electrons. The normalized spacial score (nSPS) is 9.71. The van der Waals surface area contributed by atoms with Gasteiger partial charge in [0.25, 0.3) is 5.91 Å². The van der Waals surface area contributed by atoms with E-state index in [-0.39, 0.29) is 5.91 Å². The van der Waals surface area contributed by atoms with Gasteiger partial charge in [-0.05, 0) is 12.1 Å². The van der Waals surface area contributed by atoms with Crippen LogP contribution in [0.4, 0.5) is 5.69 Å². The van der Waals surface area contributed by atoms with Gasteiger partial charge in [0, 0.05) is 17.8 Å². The lowest BCUT2D eigenvalue weighted by Crippen LogP contribution is -2.11. The van der Waals surface area contributed by atoms with Crippen LogP contribution in [-0.2, 0) is 0 Å². The third-order valence-corrected chi connectivity index (χ3v) is 2.32. The number of carbonyl (C=O) groups excluding carboxylic acids is 1. The molecule has 2 aromatic heterocycles. The summed E-state index contributed by atoms with van der Waals surface area (Å²) in [6, 6.07) is 3.54. The lowest BCUT2D eigenvalue weighted by Gasteiger charge is -2.00. The van der Waals surface area contributed by atoms with Gasteiger partial charge < -0.3 is 5.32 Å². The Balaban J connectivity index is 2.10. The molecule has 1 amide bonds. The molecule has 0 fully saturated rings. The molecule has 0 aliphatic heterocycles. The Kier molecular flexibility index (Phi) is 2.51. The second-order valence-corrected chi connectivity index (χ2v) is 3.43. The SMILES string of the molecule is O=C(Nc1cccnc1)c1nccs1. The average Bonchev–Trinajstić information content (AvgIpc) is 2.72. The minimum absolute atomic E-state index is 0.201. The van der Waals surface area contributed by atoms with Gasteiger partial charge in [0.1, 0.15) is 0 Å². The summed E-state index contributed by atoms with van der Waals surface area (Å²) in [4.78, 5) is 19.3. The highest BCUT2D eigenvalue weighted by atomic mass is 32.1. The number of hydrogen-bond donors (Lipinski definition) is 1. The van der Waals surface area contributed by atoms with Crippen molar-refractivity contribution in [3.8, 4) is 0 Å². The largest absolute Gasteiger partial charge is 0.319 e. The third kappa shape index (κ3) is 1.94. The molecule has 2 aromatic rings. The summed E-state index contributed by atoms with van der Waals surface area (Å²) in [6.07, 6.45) is 4.84. The van der Waals surface area contributed by atoms with E-state index in [0.717, 1.165) is 0 Å². The zero-order valence-corrected chi connectivity index (χ0v) is 7.99. The lowest BCUT2D eigenvalue weighted by molar-refractivity contribution is 0.102. The number of nitrogens with one attached hydrogen (secondary N) is 1. The van der Waals surface area contributed by atoms with Crippen molar-refractivity contribution in [1.29, 1.82) is 0 Å². The van der Waals surface area contributed by atoms with Crippen molar-refractivity contribution < 1.29 is 4.79 Å². The topological polar surface area (TPSA) is 54.9 Å². The first-order chi connectivity index (χ1) is 6.86. The fourth-order valence-corrected chi connectivity index (χ4v) is 1.49. The van der Waals surface area contributed by atoms with E-state index >= 15 is 0 Å². The van der Waals surface area contributed by atoms with E-state index in [1.54, 1.807) is 36.1 Å². The summed E-state index contributed by atoms with van der Waals surface area (Å²) in [5.41, 5.74) is 0.674. The first kappa shape index (κ1) is 8.83. The smallest absolute Gasteiger partial charge is 0.284 e. The molecule has 70 valence electrons. The van der Waals surface area contributed by atoms with Crippen molar-refractivity contribution in [1.82, 2.24) is 9.97 Å². The summed E-state index contributed by atoms with van der Waals surface area (Å²) in [5, 5.41) is 4.91. The predicted molar refractivity (Wildman–Crippen MR) is 54.3 cm³/mol. The Morgan fingerprint density at radius 3 is 3.00 bits per heavy atom. The molecule has 1 N–H and O–H groups in total. The number of anilines is 1. The monoisotopic (exact) mass is 205 g/mol. The Morgan fingerprint density at radius 2 is 2.36 bits per heavy atom. The van der Waals surface area contributed by atoms with Crippen molar-refractivity contribution in [2.75, 3.05) is 5.32 Å². The van der Waals surface area contributed by atoms with Crippen molar-refractivity contribution in [2.24, 2.45) is 0 Å². The Hall–Kier alpha value is -1.75. The van der Waals surface area contributed by atoms with Crippen LogP contribution in [-0.4, -0.2) is 15.9 Å². The zero-order valence-electron chi connectivity index (χ0n) is 7.18. The van der Waals surface area contributed by atoms with Gasteiger partial charge in [0.2, 0.25) is 0 Å². The van der Waals surface area contributed by atoms with Crippen LogP contribution in [0, 0.1) is 0 Å². The molecule has 4 nitrogen and oxygen atoms in total. The third-order valence-electron chi connectivity index (χ3n) is 1.55. The first-order valence-electron chi connectivity index (χ1n) is 3.97. The van der Waals surface area contributed by atoms with Crippen LogP contribution in [0.15, 0.2) is 36.1 Å². The Labute approximate surface area is 84.6 Å². The summed E-state index contributed by atoms with van der Waals surface area (Å²) in [7, 11) is 0. The van der Waals surface area contributed by atoms with Gasteiger partial charge in [0.15, 0.2) is 5.01 Å². The molecule has 0 aromatic carbocycles. The fraction of sp³-hybridized carbons (Fsp3) is 0. The van der Waals surface area contributed by atoms with Crippen LogP contribution >= 0.6 is 11.3 Å². The van der Waals surface area contributed by atoms with Crippen molar-refractivity contribution in [3.63, 3.8) is 0 Å². The Morgan fingerprint density at radius 1 is 1.43 bits per heavy atom. The highest BCUT2D eigenvalue weighted by molar-refractivity contribution is 7.11. The minimum atomic E-state index is -0.201. The summed E-state index contributed by atoms with van der Waals surface area (Å²) < 4.78 is 0. The lowest BCUT2D eigenvalue weighted by atomic mass is 10.4. The van der Waals surface area contributed by atoms with Gasteiger partial charge in [-0.2, -0.15) is 0 Å². The highest BCUT2D eigenvalue weighted by Crippen LogP contribution is 2.08. The molecule has 5 heteroatoms. The molecule has 0 bridgehead atoms. The van der Waals surface area contributed by atoms with Crippen LogP contribution in [0.3, 0.4) is 0 Å². The van der Waals surface area contributed by atoms with Crippen LogP contribution in [0.25, 0.3) is 0 Å². The Bertz CT molecular complexity index is 413. The summed E-state index contributed by atoms with van der Waals surface area (Å²) in [5.74, 6) is -0.201. The number of nitrogens with zero attached hydrogens (tertiary/aromatic N) is 2. The van der Waals surface area contributed by atoms with E-state index in [9.17, 15) is 4.79 Å². The molecule has 0 atom stereocenters. The van der Waals surface area contributed by atoms with Gasteiger partial charge in [-0.25, -0.2) is 4.98 Å². The van der Waals surface area contributed by atoms with E-state index in [1.807, 2.05) is 0 Å². The summed E-state index contributed by atoms with van der Waals surface area (Å²) >= 11 is 1.31. The molecule has 2 heterocycles. The molecule has 0 saturated carbocycles. The van der Waals surface area contributed by atoms with E-state index in [0.29, 0.717) is 10.7 Å². The van der Waals surface area contributed by atoms with E-state index in [4.69, 9.17) is 0 Å². The molecule has 0 aliphatic carbocycles.